The van der Waals surface area contributed by atoms with Crippen LogP contribution in [0.5, 0.6) is 0 Å². The molecule has 1 aromatic rings. The molecule has 0 radical (unpaired) electrons. The number of nitrogens with zero attached hydrogens (tertiary/aromatic N) is 1. The number of thiazole rings is 1. The lowest BCUT2D eigenvalue weighted by atomic mass is 10.5. The van der Waals surface area contributed by atoms with Crippen LogP contribution in [0.3, 0.4) is 0 Å². The molecule has 0 aliphatic rings. The summed E-state index contributed by atoms with van der Waals surface area (Å²) in [5.74, 6) is 5.12. The van der Waals surface area contributed by atoms with Crippen LogP contribution in [-0.2, 0) is 0 Å². The first-order chi connectivity index (χ1) is 3.84. The van der Waals surface area contributed by atoms with Crippen LogP contribution in [0.4, 0.5) is 5.00 Å². The lowest BCUT2D eigenvalue weighted by Crippen LogP contribution is -2.05. The molecule has 1 aromatic heterocycles. The van der Waals surface area contributed by atoms with Crippen molar-refractivity contribution in [2.75, 3.05) is 5.43 Å². The number of nitrogens with two attached hydrogens (primary N) is 1. The Morgan fingerprint density at radius 3 is 2.88 bits per heavy atom. The Balaban J connectivity index is 2.92. The van der Waals surface area contributed by atoms with Gasteiger partial charge < -0.3 is 5.43 Å². The van der Waals surface area contributed by atoms with E-state index in [4.69, 9.17) is 5.84 Å². The fraction of sp³-hybridized carbons (Fsp3) is 0.250. The predicted octanol–water partition coefficient (Wildman–Crippen LogP) is 0.737. The second-order valence-electron chi connectivity index (χ2n) is 1.41. The SMILES string of the molecule is Cc1ncsc1NN. The average molecular weight is 129 g/mol. The summed E-state index contributed by atoms with van der Waals surface area (Å²) in [7, 11) is 0. The largest absolute Gasteiger partial charge is 0.314 e. The number of hydrazine groups is 1. The molecule has 0 aliphatic carbocycles. The molecular formula is C4H7N3S. The number of hydrogen-bond donors (Lipinski definition) is 2. The molecule has 0 aromatic carbocycles. The summed E-state index contributed by atoms with van der Waals surface area (Å²) in [4.78, 5) is 3.96. The van der Waals surface area contributed by atoms with E-state index in [1.165, 1.54) is 11.3 Å². The third-order valence-corrected chi connectivity index (χ3v) is 1.74. The number of nitrogens with one attached hydrogen (secondary N) is 1. The maximum atomic E-state index is 5.12. The maximum Gasteiger partial charge on any atom is 0.125 e. The van der Waals surface area contributed by atoms with E-state index >= 15 is 0 Å². The van der Waals surface area contributed by atoms with Crippen molar-refractivity contribution in [1.29, 1.82) is 0 Å². The number of aryl methyl sites for hydroxylation is 1. The maximum absolute atomic E-state index is 5.12. The fourth-order valence-electron chi connectivity index (χ4n) is 0.440. The van der Waals surface area contributed by atoms with Gasteiger partial charge in [0.1, 0.15) is 5.00 Å². The van der Waals surface area contributed by atoms with E-state index in [-0.39, 0.29) is 0 Å². The van der Waals surface area contributed by atoms with Gasteiger partial charge in [-0.2, -0.15) is 0 Å². The molecule has 3 nitrogen and oxygen atoms in total. The van der Waals surface area contributed by atoms with E-state index in [2.05, 4.69) is 10.4 Å². The van der Waals surface area contributed by atoms with Crippen LogP contribution >= 0.6 is 11.3 Å². The molecule has 0 aliphatic heterocycles. The highest BCUT2D eigenvalue weighted by molar-refractivity contribution is 7.13. The molecule has 0 amide bonds. The summed E-state index contributed by atoms with van der Waals surface area (Å²) in [6.07, 6.45) is 0. The van der Waals surface area contributed by atoms with Crippen LogP contribution in [0.25, 0.3) is 0 Å². The van der Waals surface area contributed by atoms with Crippen LogP contribution in [0, 0.1) is 6.92 Å². The summed E-state index contributed by atoms with van der Waals surface area (Å²) in [5.41, 5.74) is 5.24. The highest BCUT2D eigenvalue weighted by Gasteiger charge is 1.94. The Kier molecular flexibility index (Phi) is 1.45. The van der Waals surface area contributed by atoms with E-state index in [1.54, 1.807) is 5.51 Å². The molecule has 0 saturated heterocycles. The first-order valence-electron chi connectivity index (χ1n) is 2.21. The van der Waals surface area contributed by atoms with Gasteiger partial charge in [-0.3, -0.25) is 0 Å². The Labute approximate surface area is 51.5 Å². The van der Waals surface area contributed by atoms with Crippen molar-refractivity contribution in [2.45, 2.75) is 6.92 Å². The van der Waals surface area contributed by atoms with Crippen molar-refractivity contribution < 1.29 is 0 Å². The van der Waals surface area contributed by atoms with Crippen molar-refractivity contribution in [2.24, 2.45) is 5.84 Å². The molecule has 8 heavy (non-hydrogen) atoms. The summed E-state index contributed by atoms with van der Waals surface area (Å²) < 4.78 is 0. The molecule has 0 unspecified atom stereocenters. The monoisotopic (exact) mass is 129 g/mol. The van der Waals surface area contributed by atoms with Gasteiger partial charge in [0.15, 0.2) is 0 Å². The molecule has 44 valence electrons. The van der Waals surface area contributed by atoms with Crippen LogP contribution < -0.4 is 11.3 Å². The minimum Gasteiger partial charge on any atom is -0.314 e. The van der Waals surface area contributed by atoms with Crippen molar-refractivity contribution in [3.8, 4) is 0 Å². The Morgan fingerprint density at radius 2 is 2.62 bits per heavy atom. The van der Waals surface area contributed by atoms with E-state index in [0.29, 0.717) is 0 Å². The van der Waals surface area contributed by atoms with E-state index in [1.807, 2.05) is 6.92 Å². The molecule has 0 fully saturated rings. The summed E-state index contributed by atoms with van der Waals surface area (Å²) >= 11 is 1.50. The number of nitrogen functional groups attached to an aromatic ring is 1. The standard InChI is InChI=1S/C4H7N3S/c1-3-4(7-5)8-2-6-3/h2,7H,5H2,1H3. The zero-order valence-corrected chi connectivity index (χ0v) is 5.33. The summed E-state index contributed by atoms with van der Waals surface area (Å²) in [6.45, 7) is 1.91. The molecule has 1 heterocycles. The molecule has 4 heteroatoms. The molecule has 0 spiro atoms. The molecule has 3 N–H and O–H groups in total. The van der Waals surface area contributed by atoms with Crippen LogP contribution in [0.1, 0.15) is 5.69 Å². The molecule has 0 atom stereocenters. The van der Waals surface area contributed by atoms with Gasteiger partial charge in [0, 0.05) is 0 Å². The smallest absolute Gasteiger partial charge is 0.125 e. The van der Waals surface area contributed by atoms with Crippen LogP contribution in [-0.4, -0.2) is 4.98 Å². The Hall–Kier alpha value is -0.610. The lowest BCUT2D eigenvalue weighted by molar-refractivity contribution is 1.24. The van der Waals surface area contributed by atoms with Gasteiger partial charge in [0.05, 0.1) is 11.2 Å². The minimum atomic E-state index is 0.935. The van der Waals surface area contributed by atoms with Gasteiger partial charge in [-0.15, -0.1) is 11.3 Å². The molecule has 0 bridgehead atoms. The quantitative estimate of drug-likeness (QED) is 0.434. The normalized spacial score (nSPS) is 9.25. The topological polar surface area (TPSA) is 50.9 Å². The van der Waals surface area contributed by atoms with Gasteiger partial charge >= 0.3 is 0 Å². The lowest BCUT2D eigenvalue weighted by Gasteiger charge is -1.90. The predicted molar refractivity (Wildman–Crippen MR) is 34.7 cm³/mol. The zero-order chi connectivity index (χ0) is 5.98. The number of rotatable bonds is 1. The van der Waals surface area contributed by atoms with Gasteiger partial charge in [-0.25, -0.2) is 10.8 Å². The molecule has 1 rings (SSSR count). The molecular weight excluding hydrogens is 122 g/mol. The van der Waals surface area contributed by atoms with Gasteiger partial charge in [0.2, 0.25) is 0 Å². The average Bonchev–Trinajstić information content (AvgIpc) is 2.14. The fourth-order valence-corrected chi connectivity index (χ4v) is 1.05. The third kappa shape index (κ3) is 0.801. The Morgan fingerprint density at radius 1 is 1.88 bits per heavy atom. The Bertz CT molecular complexity index is 172. The highest BCUT2D eigenvalue weighted by atomic mass is 32.1. The first kappa shape index (κ1) is 5.53. The van der Waals surface area contributed by atoms with Gasteiger partial charge in [-0.05, 0) is 6.92 Å². The van der Waals surface area contributed by atoms with Crippen molar-refractivity contribution in [3.05, 3.63) is 11.2 Å². The van der Waals surface area contributed by atoms with Gasteiger partial charge in [-0.1, -0.05) is 0 Å². The van der Waals surface area contributed by atoms with Crippen LogP contribution in [0.15, 0.2) is 5.51 Å². The summed E-state index contributed by atoms with van der Waals surface area (Å²) in [5, 5.41) is 0.935. The second kappa shape index (κ2) is 2.11. The van der Waals surface area contributed by atoms with Crippen LogP contribution in [0.2, 0.25) is 0 Å². The number of aromatic nitrogens is 1. The zero-order valence-electron chi connectivity index (χ0n) is 4.51. The minimum absolute atomic E-state index is 0.935. The van der Waals surface area contributed by atoms with Crippen molar-refractivity contribution in [1.82, 2.24) is 4.98 Å². The second-order valence-corrected chi connectivity index (χ2v) is 2.27. The van der Waals surface area contributed by atoms with E-state index in [0.717, 1.165) is 10.7 Å². The highest BCUT2D eigenvalue weighted by Crippen LogP contribution is 2.16. The number of anilines is 1. The summed E-state index contributed by atoms with van der Waals surface area (Å²) in [6, 6.07) is 0. The van der Waals surface area contributed by atoms with E-state index < -0.39 is 0 Å². The first-order valence-corrected chi connectivity index (χ1v) is 3.09. The number of hydrogen-bond acceptors (Lipinski definition) is 4. The van der Waals surface area contributed by atoms with Crippen molar-refractivity contribution in [3.63, 3.8) is 0 Å². The molecule has 0 saturated carbocycles. The van der Waals surface area contributed by atoms with Gasteiger partial charge in [0.25, 0.3) is 0 Å². The van der Waals surface area contributed by atoms with E-state index in [9.17, 15) is 0 Å². The van der Waals surface area contributed by atoms with Crippen molar-refractivity contribution >= 4 is 16.3 Å². The third-order valence-electron chi connectivity index (χ3n) is 0.877.